The van der Waals surface area contributed by atoms with Gasteiger partial charge in [-0.05, 0) is 44.0 Å². The summed E-state index contributed by atoms with van der Waals surface area (Å²) in [5, 5.41) is 0. The fraction of sp³-hybridized carbons (Fsp3) is 0.556. The molecule has 0 aromatic carbocycles. The van der Waals surface area contributed by atoms with E-state index >= 15 is 0 Å². The lowest BCUT2D eigenvalue weighted by atomic mass is 10.1. The maximum absolute atomic E-state index is 13.5. The summed E-state index contributed by atoms with van der Waals surface area (Å²) >= 11 is 0. The van der Waals surface area contributed by atoms with Crippen LogP contribution in [-0.2, 0) is 4.74 Å². The normalized spacial score (nSPS) is 19.7. The summed E-state index contributed by atoms with van der Waals surface area (Å²) in [5.74, 6) is -2.00. The SMILES string of the molecule is CC(C)(C)OC(=O)N1CC=C(c2cc(N)nc(N3CCC(F)(F)C3)c2)C1. The molecular weight excluding hydrogens is 342 g/mol. The van der Waals surface area contributed by atoms with Crippen LogP contribution >= 0.6 is 0 Å². The summed E-state index contributed by atoms with van der Waals surface area (Å²) < 4.78 is 32.4. The highest BCUT2D eigenvalue weighted by molar-refractivity contribution is 5.79. The Morgan fingerprint density at radius 1 is 1.35 bits per heavy atom. The van der Waals surface area contributed by atoms with Crippen molar-refractivity contribution in [3.05, 3.63) is 23.8 Å². The number of nitrogen functional groups attached to an aromatic ring is 1. The predicted molar refractivity (Wildman–Crippen MR) is 96.2 cm³/mol. The molecule has 2 aliphatic heterocycles. The first-order chi connectivity index (χ1) is 12.0. The van der Waals surface area contributed by atoms with Crippen molar-refractivity contribution in [2.45, 2.75) is 38.7 Å². The van der Waals surface area contributed by atoms with Gasteiger partial charge in [0.25, 0.3) is 5.92 Å². The summed E-state index contributed by atoms with van der Waals surface area (Å²) in [7, 11) is 0. The quantitative estimate of drug-likeness (QED) is 0.871. The van der Waals surface area contributed by atoms with E-state index < -0.39 is 11.5 Å². The second-order valence-electron chi connectivity index (χ2n) is 7.76. The zero-order chi connectivity index (χ0) is 19.1. The number of pyridine rings is 1. The predicted octanol–water partition coefficient (Wildman–Crippen LogP) is 3.14. The number of aromatic nitrogens is 1. The maximum Gasteiger partial charge on any atom is 0.410 e. The van der Waals surface area contributed by atoms with Crippen LogP contribution in [0.1, 0.15) is 32.8 Å². The number of carbonyl (C=O) groups excluding carboxylic acids is 1. The number of hydrogen-bond acceptors (Lipinski definition) is 5. The molecule has 0 unspecified atom stereocenters. The molecular formula is C18H24F2N4O2. The highest BCUT2D eigenvalue weighted by Gasteiger charge is 2.39. The van der Waals surface area contributed by atoms with Crippen molar-refractivity contribution < 1.29 is 18.3 Å². The topological polar surface area (TPSA) is 71.7 Å². The van der Waals surface area contributed by atoms with Crippen LogP contribution < -0.4 is 10.6 Å². The molecule has 0 bridgehead atoms. The van der Waals surface area contributed by atoms with Crippen molar-refractivity contribution in [2.24, 2.45) is 0 Å². The van der Waals surface area contributed by atoms with E-state index in [2.05, 4.69) is 4.98 Å². The number of hydrogen-bond donors (Lipinski definition) is 1. The van der Waals surface area contributed by atoms with Gasteiger partial charge in [0.15, 0.2) is 0 Å². The minimum Gasteiger partial charge on any atom is -0.444 e. The number of rotatable bonds is 2. The summed E-state index contributed by atoms with van der Waals surface area (Å²) in [6.07, 6.45) is 1.35. The second kappa shape index (κ2) is 6.41. The Morgan fingerprint density at radius 3 is 2.69 bits per heavy atom. The molecule has 8 heteroatoms. The van der Waals surface area contributed by atoms with Crippen molar-refractivity contribution in [3.8, 4) is 0 Å². The number of ether oxygens (including phenoxy) is 1. The Kier molecular flexibility index (Phi) is 4.54. The lowest BCUT2D eigenvalue weighted by Gasteiger charge is -2.24. The standard InChI is InChI=1S/C18H24F2N4O2/c1-17(2,3)26-16(25)23-6-4-12(10-23)13-8-14(21)22-15(9-13)24-7-5-18(19,20)11-24/h4,8-9H,5-7,10-11H2,1-3H3,(H2,21,22). The molecule has 3 rings (SSSR count). The fourth-order valence-electron chi connectivity index (χ4n) is 3.05. The Labute approximate surface area is 151 Å². The van der Waals surface area contributed by atoms with Crippen molar-refractivity contribution in [2.75, 3.05) is 36.8 Å². The third-order valence-electron chi connectivity index (χ3n) is 4.27. The third kappa shape index (κ3) is 4.23. The monoisotopic (exact) mass is 366 g/mol. The molecule has 2 aliphatic rings. The molecule has 1 saturated heterocycles. The molecule has 142 valence electrons. The van der Waals surface area contributed by atoms with Gasteiger partial charge in [0.1, 0.15) is 17.2 Å². The number of nitrogens with two attached hydrogens (primary N) is 1. The molecule has 0 saturated carbocycles. The van der Waals surface area contributed by atoms with Crippen molar-refractivity contribution in [1.82, 2.24) is 9.88 Å². The number of carbonyl (C=O) groups is 1. The lowest BCUT2D eigenvalue weighted by Crippen LogP contribution is -2.35. The average molecular weight is 366 g/mol. The van der Waals surface area contributed by atoms with Gasteiger partial charge in [0, 0.05) is 26.1 Å². The molecule has 0 spiro atoms. The van der Waals surface area contributed by atoms with Gasteiger partial charge in [-0.1, -0.05) is 6.08 Å². The number of amides is 1. The van der Waals surface area contributed by atoms with E-state index in [9.17, 15) is 13.6 Å². The van der Waals surface area contributed by atoms with E-state index in [0.717, 1.165) is 11.1 Å². The molecule has 2 N–H and O–H groups in total. The Bertz CT molecular complexity index is 743. The van der Waals surface area contributed by atoms with Crippen LogP contribution in [-0.4, -0.2) is 53.7 Å². The van der Waals surface area contributed by atoms with Crippen LogP contribution in [0, 0.1) is 0 Å². The molecule has 6 nitrogen and oxygen atoms in total. The van der Waals surface area contributed by atoms with Crippen molar-refractivity contribution in [3.63, 3.8) is 0 Å². The van der Waals surface area contributed by atoms with Crippen molar-refractivity contribution >= 4 is 23.3 Å². The molecule has 3 heterocycles. The van der Waals surface area contributed by atoms with Crippen LogP contribution in [0.4, 0.5) is 25.2 Å². The van der Waals surface area contributed by atoms with Gasteiger partial charge >= 0.3 is 6.09 Å². The molecule has 1 amide bonds. The van der Waals surface area contributed by atoms with Crippen molar-refractivity contribution in [1.29, 1.82) is 0 Å². The minimum atomic E-state index is -2.70. The summed E-state index contributed by atoms with van der Waals surface area (Å²) in [5.41, 5.74) is 7.01. The summed E-state index contributed by atoms with van der Waals surface area (Å²) in [6, 6.07) is 3.45. The third-order valence-corrected chi connectivity index (χ3v) is 4.27. The first-order valence-electron chi connectivity index (χ1n) is 8.60. The molecule has 0 radical (unpaired) electrons. The molecule has 0 aliphatic carbocycles. The zero-order valence-electron chi connectivity index (χ0n) is 15.3. The molecule has 1 aromatic heterocycles. The Morgan fingerprint density at radius 2 is 2.08 bits per heavy atom. The average Bonchev–Trinajstić information content (AvgIpc) is 3.11. The van der Waals surface area contributed by atoms with Gasteiger partial charge in [0.2, 0.25) is 0 Å². The highest BCUT2D eigenvalue weighted by atomic mass is 19.3. The first-order valence-corrected chi connectivity index (χ1v) is 8.60. The van der Waals surface area contributed by atoms with E-state index in [0.29, 0.717) is 18.9 Å². The van der Waals surface area contributed by atoms with E-state index in [-0.39, 0.29) is 31.4 Å². The number of alkyl halides is 2. The van der Waals surface area contributed by atoms with E-state index in [1.54, 1.807) is 21.9 Å². The number of nitrogens with zero attached hydrogens (tertiary/aromatic N) is 3. The Hall–Kier alpha value is -2.38. The van der Waals surface area contributed by atoms with Crippen LogP contribution in [0.5, 0.6) is 0 Å². The van der Waals surface area contributed by atoms with Gasteiger partial charge in [0.05, 0.1) is 6.54 Å². The van der Waals surface area contributed by atoms with Crippen LogP contribution in [0.2, 0.25) is 0 Å². The minimum absolute atomic E-state index is 0.187. The van der Waals surface area contributed by atoms with Gasteiger partial charge in [-0.3, -0.25) is 0 Å². The van der Waals surface area contributed by atoms with Crippen LogP contribution in [0.15, 0.2) is 18.2 Å². The molecule has 1 aromatic rings. The largest absolute Gasteiger partial charge is 0.444 e. The second-order valence-corrected chi connectivity index (χ2v) is 7.76. The van der Waals surface area contributed by atoms with Gasteiger partial charge in [-0.2, -0.15) is 0 Å². The van der Waals surface area contributed by atoms with Crippen LogP contribution in [0.3, 0.4) is 0 Å². The molecule has 0 atom stereocenters. The van der Waals surface area contributed by atoms with Gasteiger partial charge < -0.3 is 20.3 Å². The smallest absolute Gasteiger partial charge is 0.410 e. The molecule has 1 fully saturated rings. The van der Waals surface area contributed by atoms with Gasteiger partial charge in [-0.25, -0.2) is 18.6 Å². The Balaban J connectivity index is 1.73. The zero-order valence-corrected chi connectivity index (χ0v) is 15.3. The van der Waals surface area contributed by atoms with E-state index in [4.69, 9.17) is 10.5 Å². The highest BCUT2D eigenvalue weighted by Crippen LogP contribution is 2.32. The summed E-state index contributed by atoms with van der Waals surface area (Å²) in [4.78, 5) is 19.5. The fourth-order valence-corrected chi connectivity index (χ4v) is 3.05. The maximum atomic E-state index is 13.5. The van der Waals surface area contributed by atoms with Gasteiger partial charge in [-0.15, -0.1) is 0 Å². The first kappa shape index (κ1) is 18.4. The van der Waals surface area contributed by atoms with E-state index in [1.165, 1.54) is 0 Å². The molecule has 26 heavy (non-hydrogen) atoms. The van der Waals surface area contributed by atoms with E-state index in [1.807, 2.05) is 26.8 Å². The lowest BCUT2D eigenvalue weighted by molar-refractivity contribution is 0.0255. The number of halogens is 2. The number of anilines is 2. The summed E-state index contributed by atoms with van der Waals surface area (Å²) in [6.45, 7) is 6.15. The van der Waals surface area contributed by atoms with Crippen LogP contribution in [0.25, 0.3) is 5.57 Å².